The van der Waals surface area contributed by atoms with E-state index < -0.39 is 27.0 Å². The van der Waals surface area contributed by atoms with Crippen molar-refractivity contribution in [1.82, 2.24) is 0 Å². The lowest BCUT2D eigenvalue weighted by molar-refractivity contribution is -0.160. The molecule has 0 bridgehead atoms. The van der Waals surface area contributed by atoms with Gasteiger partial charge in [-0.1, -0.05) is 17.7 Å². The monoisotopic (exact) mass is 298 g/mol. The van der Waals surface area contributed by atoms with Crippen LogP contribution in [-0.2, 0) is 24.0 Å². The summed E-state index contributed by atoms with van der Waals surface area (Å²) in [5, 5.41) is 0. The lowest BCUT2D eigenvalue weighted by atomic mass is 10.2. The second-order valence-corrected chi connectivity index (χ2v) is 7.60. The Bertz CT molecular complexity index is 609. The van der Waals surface area contributed by atoms with Crippen molar-refractivity contribution >= 4 is 9.84 Å². The number of ether oxygens (including phenoxy) is 3. The van der Waals surface area contributed by atoms with Crippen molar-refractivity contribution in [2.45, 2.75) is 41.5 Å². The highest BCUT2D eigenvalue weighted by atomic mass is 32.2. The fraction of sp³-hybridized carbons (Fsp3) is 0.571. The molecule has 0 aromatic heterocycles. The van der Waals surface area contributed by atoms with Crippen LogP contribution in [-0.4, -0.2) is 45.9 Å². The quantitative estimate of drug-likeness (QED) is 0.838. The zero-order valence-corrected chi connectivity index (χ0v) is 12.5. The summed E-state index contributed by atoms with van der Waals surface area (Å²) in [4.78, 5) is 0.313. The number of benzene rings is 1. The first-order valence-electron chi connectivity index (χ1n) is 6.49. The molecule has 20 heavy (non-hydrogen) atoms. The van der Waals surface area contributed by atoms with Crippen molar-refractivity contribution in [2.24, 2.45) is 0 Å². The standard InChI is InChI=1S/C14H18O5S/c1-9-4-6-10(7-5-9)20(15,16)14-8-11(14)19-13(18-3)12(14)17-2/h4-7,11-13H,8H2,1-3H3/t11-,12-,13+,14-/m1/s1. The normalized spacial score (nSPS) is 35.9. The number of fused-ring (bicyclic) bond motifs is 1. The number of rotatable bonds is 4. The lowest BCUT2D eigenvalue weighted by Gasteiger charge is -2.25. The number of aryl methyl sites for hydroxylation is 1. The minimum absolute atomic E-state index is 0.313. The van der Waals surface area contributed by atoms with Crippen LogP contribution in [0.1, 0.15) is 12.0 Å². The lowest BCUT2D eigenvalue weighted by Crippen LogP contribution is -2.43. The van der Waals surface area contributed by atoms with Crippen LogP contribution in [0.4, 0.5) is 0 Å². The summed E-state index contributed by atoms with van der Waals surface area (Å²) in [6, 6.07) is 6.88. The zero-order valence-electron chi connectivity index (χ0n) is 11.7. The number of sulfone groups is 1. The highest BCUT2D eigenvalue weighted by Gasteiger charge is 2.76. The van der Waals surface area contributed by atoms with Gasteiger partial charge in [-0.3, -0.25) is 0 Å². The van der Waals surface area contributed by atoms with Gasteiger partial charge in [0.25, 0.3) is 0 Å². The van der Waals surface area contributed by atoms with Crippen LogP contribution in [0.3, 0.4) is 0 Å². The molecule has 0 amide bonds. The van der Waals surface area contributed by atoms with Crippen LogP contribution in [0, 0.1) is 6.92 Å². The summed E-state index contributed by atoms with van der Waals surface area (Å²) in [7, 11) is -0.528. The van der Waals surface area contributed by atoms with Gasteiger partial charge in [-0.2, -0.15) is 0 Å². The van der Waals surface area contributed by atoms with E-state index in [2.05, 4.69) is 0 Å². The molecule has 5 nitrogen and oxygen atoms in total. The van der Waals surface area contributed by atoms with Gasteiger partial charge in [0, 0.05) is 20.6 Å². The Morgan fingerprint density at radius 3 is 2.40 bits per heavy atom. The molecule has 1 heterocycles. The molecule has 1 aliphatic carbocycles. The van der Waals surface area contributed by atoms with E-state index in [-0.39, 0.29) is 6.10 Å². The first kappa shape index (κ1) is 14.0. The molecular formula is C14H18O5S. The average Bonchev–Trinajstić information content (AvgIpc) is 3.07. The summed E-state index contributed by atoms with van der Waals surface area (Å²) >= 11 is 0. The molecule has 2 aliphatic rings. The van der Waals surface area contributed by atoms with E-state index in [1.807, 2.05) is 6.92 Å². The predicted molar refractivity (Wildman–Crippen MR) is 72.2 cm³/mol. The van der Waals surface area contributed by atoms with Gasteiger partial charge >= 0.3 is 0 Å². The summed E-state index contributed by atoms with van der Waals surface area (Å²) < 4.78 is 41.0. The fourth-order valence-corrected chi connectivity index (χ4v) is 5.24. The Morgan fingerprint density at radius 1 is 1.20 bits per heavy atom. The molecular weight excluding hydrogens is 280 g/mol. The van der Waals surface area contributed by atoms with Crippen LogP contribution in [0.15, 0.2) is 29.2 Å². The molecule has 4 atom stereocenters. The summed E-state index contributed by atoms with van der Waals surface area (Å²) in [5.74, 6) is 0. The first-order valence-corrected chi connectivity index (χ1v) is 7.98. The van der Waals surface area contributed by atoms with Gasteiger partial charge in [0.05, 0.1) is 11.0 Å². The van der Waals surface area contributed by atoms with Gasteiger partial charge in [0.2, 0.25) is 0 Å². The van der Waals surface area contributed by atoms with E-state index in [1.54, 1.807) is 24.3 Å². The van der Waals surface area contributed by atoms with E-state index in [0.29, 0.717) is 11.3 Å². The molecule has 1 aromatic carbocycles. The van der Waals surface area contributed by atoms with Gasteiger partial charge < -0.3 is 14.2 Å². The van der Waals surface area contributed by atoms with Crippen molar-refractivity contribution < 1.29 is 22.6 Å². The molecule has 0 spiro atoms. The van der Waals surface area contributed by atoms with Crippen LogP contribution < -0.4 is 0 Å². The van der Waals surface area contributed by atoms with Crippen LogP contribution in [0.2, 0.25) is 0 Å². The topological polar surface area (TPSA) is 61.8 Å². The van der Waals surface area contributed by atoms with Gasteiger partial charge in [-0.15, -0.1) is 0 Å². The van der Waals surface area contributed by atoms with E-state index in [1.165, 1.54) is 14.2 Å². The van der Waals surface area contributed by atoms with Crippen molar-refractivity contribution in [1.29, 1.82) is 0 Å². The summed E-state index contributed by atoms with van der Waals surface area (Å²) in [6.07, 6.45) is -1.10. The zero-order chi connectivity index (χ0) is 14.5. The minimum atomic E-state index is -3.52. The van der Waals surface area contributed by atoms with E-state index in [0.717, 1.165) is 5.56 Å². The summed E-state index contributed by atoms with van der Waals surface area (Å²) in [6.45, 7) is 1.92. The molecule has 2 fully saturated rings. The van der Waals surface area contributed by atoms with Crippen molar-refractivity contribution in [3.8, 4) is 0 Å². The Kier molecular flexibility index (Phi) is 3.17. The van der Waals surface area contributed by atoms with Crippen molar-refractivity contribution in [3.05, 3.63) is 29.8 Å². The maximum absolute atomic E-state index is 12.9. The maximum Gasteiger partial charge on any atom is 0.189 e. The third-order valence-corrected chi connectivity index (χ3v) is 6.79. The van der Waals surface area contributed by atoms with Crippen molar-refractivity contribution in [3.63, 3.8) is 0 Å². The molecule has 0 unspecified atom stereocenters. The molecule has 0 radical (unpaired) electrons. The van der Waals surface area contributed by atoms with Crippen LogP contribution in [0.25, 0.3) is 0 Å². The van der Waals surface area contributed by atoms with Crippen LogP contribution >= 0.6 is 0 Å². The molecule has 110 valence electrons. The predicted octanol–water partition coefficient (Wildman–Crippen LogP) is 1.30. The molecule has 1 aromatic rings. The first-order chi connectivity index (χ1) is 9.47. The van der Waals surface area contributed by atoms with Crippen molar-refractivity contribution in [2.75, 3.05) is 14.2 Å². The van der Waals surface area contributed by atoms with E-state index in [4.69, 9.17) is 14.2 Å². The number of methoxy groups -OCH3 is 2. The smallest absolute Gasteiger partial charge is 0.189 e. The Hall–Kier alpha value is -0.950. The highest BCUT2D eigenvalue weighted by molar-refractivity contribution is 7.93. The molecule has 3 rings (SSSR count). The largest absolute Gasteiger partial charge is 0.374 e. The minimum Gasteiger partial charge on any atom is -0.374 e. The second-order valence-electron chi connectivity index (χ2n) is 5.36. The third kappa shape index (κ3) is 1.69. The maximum atomic E-state index is 12.9. The molecule has 0 N–H and O–H groups in total. The highest BCUT2D eigenvalue weighted by Crippen LogP contribution is 2.58. The molecule has 1 saturated heterocycles. The number of hydrogen-bond acceptors (Lipinski definition) is 5. The van der Waals surface area contributed by atoms with Crippen LogP contribution in [0.5, 0.6) is 0 Å². The SMILES string of the molecule is CO[C@H]1O[C@@H]2C[C@]2(S(=O)(=O)c2ccc(C)cc2)[C@@H]1OC. The summed E-state index contributed by atoms with van der Waals surface area (Å²) in [5.41, 5.74) is 1.02. The van der Waals surface area contributed by atoms with Gasteiger partial charge in [0.15, 0.2) is 16.1 Å². The van der Waals surface area contributed by atoms with E-state index in [9.17, 15) is 8.42 Å². The molecule has 1 saturated carbocycles. The second kappa shape index (κ2) is 4.53. The molecule has 6 heteroatoms. The van der Waals surface area contributed by atoms with Gasteiger partial charge in [-0.25, -0.2) is 8.42 Å². The number of hydrogen-bond donors (Lipinski definition) is 0. The Labute approximate surface area is 118 Å². The van der Waals surface area contributed by atoms with Gasteiger partial charge in [0.1, 0.15) is 10.9 Å². The van der Waals surface area contributed by atoms with E-state index >= 15 is 0 Å². The Balaban J connectivity index is 2.02. The Morgan fingerprint density at radius 2 is 1.85 bits per heavy atom. The molecule has 1 aliphatic heterocycles. The average molecular weight is 298 g/mol. The third-order valence-electron chi connectivity index (χ3n) is 4.23. The van der Waals surface area contributed by atoms with Gasteiger partial charge in [-0.05, 0) is 19.1 Å². The fourth-order valence-electron chi connectivity index (χ4n) is 3.02.